The molecule has 4 heterocycles. The summed E-state index contributed by atoms with van der Waals surface area (Å²) in [5.74, 6) is -0.384. The number of carbonyl (C=O) groups is 1. The number of nitrogens with zero attached hydrogens (tertiary/aromatic N) is 4. The number of ether oxygens (including phenoxy) is 1. The van der Waals surface area contributed by atoms with E-state index in [4.69, 9.17) is 17.0 Å². The predicted octanol–water partition coefficient (Wildman–Crippen LogP) is 4.23. The van der Waals surface area contributed by atoms with Crippen LogP contribution in [-0.4, -0.2) is 37.6 Å². The number of hydrogen-bond acceptors (Lipinski definition) is 5. The Hall–Kier alpha value is -4.04. The third-order valence-electron chi connectivity index (χ3n) is 5.95. The first-order valence-corrected chi connectivity index (χ1v) is 11.3. The molecule has 1 aliphatic heterocycles. The average Bonchev–Trinajstić information content (AvgIpc) is 3.49. The van der Waals surface area contributed by atoms with E-state index in [2.05, 4.69) is 26.3 Å². The van der Waals surface area contributed by atoms with Crippen LogP contribution in [0.2, 0.25) is 0 Å². The lowest BCUT2D eigenvalue weighted by molar-refractivity contribution is 0.0600. The van der Waals surface area contributed by atoms with E-state index in [0.717, 1.165) is 22.6 Å². The Morgan fingerprint density at radius 3 is 2.59 bits per heavy atom. The Morgan fingerprint density at radius 2 is 1.82 bits per heavy atom. The molecule has 1 aromatic carbocycles. The van der Waals surface area contributed by atoms with Crippen molar-refractivity contribution < 1.29 is 9.53 Å². The second-order valence-corrected chi connectivity index (χ2v) is 8.31. The van der Waals surface area contributed by atoms with Crippen molar-refractivity contribution in [2.24, 2.45) is 0 Å². The van der Waals surface area contributed by atoms with Crippen LogP contribution in [0.1, 0.15) is 39.4 Å². The van der Waals surface area contributed by atoms with Gasteiger partial charge >= 0.3 is 5.97 Å². The fourth-order valence-corrected chi connectivity index (χ4v) is 4.71. The van der Waals surface area contributed by atoms with Gasteiger partial charge in [-0.25, -0.2) is 4.79 Å². The molecular formula is C26H23N5O2S. The topological polar surface area (TPSA) is 72.3 Å². The zero-order valence-electron chi connectivity index (χ0n) is 18.5. The van der Waals surface area contributed by atoms with Gasteiger partial charge in [-0.1, -0.05) is 18.2 Å². The molecule has 1 saturated heterocycles. The number of hydrogen-bond donors (Lipinski definition) is 1. The minimum Gasteiger partial charge on any atom is -0.465 e. The Balaban J connectivity index is 1.63. The van der Waals surface area contributed by atoms with Gasteiger partial charge in [0.1, 0.15) is 0 Å². The van der Waals surface area contributed by atoms with Crippen molar-refractivity contribution in [2.75, 3.05) is 7.11 Å². The Morgan fingerprint density at radius 1 is 1.03 bits per heavy atom. The van der Waals surface area contributed by atoms with Crippen molar-refractivity contribution in [3.8, 4) is 5.69 Å². The van der Waals surface area contributed by atoms with E-state index >= 15 is 0 Å². The lowest BCUT2D eigenvalue weighted by Gasteiger charge is -2.29. The SMILES string of the molecule is COC(=O)c1ccccc1-n1cccc1[C@H]1[C@H](c2ccccn2)NC(=S)N1Cc1ccncc1. The van der Waals surface area contributed by atoms with Crippen molar-refractivity contribution in [3.63, 3.8) is 0 Å². The van der Waals surface area contributed by atoms with Crippen molar-refractivity contribution >= 4 is 23.3 Å². The Bertz CT molecular complexity index is 1310. The number of aromatic nitrogens is 3. The molecule has 0 aliphatic carbocycles. The highest BCUT2D eigenvalue weighted by Crippen LogP contribution is 2.40. The summed E-state index contributed by atoms with van der Waals surface area (Å²) in [6, 6.07) is 21.0. The average molecular weight is 470 g/mol. The molecule has 170 valence electrons. The van der Waals surface area contributed by atoms with Gasteiger partial charge in [-0.05, 0) is 66.3 Å². The number of rotatable bonds is 6. The van der Waals surface area contributed by atoms with E-state index in [0.29, 0.717) is 17.2 Å². The molecule has 2 atom stereocenters. The normalized spacial score (nSPS) is 17.4. The van der Waals surface area contributed by atoms with Crippen LogP contribution < -0.4 is 5.32 Å². The lowest BCUT2D eigenvalue weighted by Crippen LogP contribution is -2.30. The minimum atomic E-state index is -0.384. The highest BCUT2D eigenvalue weighted by atomic mass is 32.1. The summed E-state index contributed by atoms with van der Waals surface area (Å²) >= 11 is 5.80. The van der Waals surface area contributed by atoms with Gasteiger partial charge in [-0.15, -0.1) is 0 Å². The molecule has 0 amide bonds. The number of benzene rings is 1. The second-order valence-electron chi connectivity index (χ2n) is 7.92. The van der Waals surface area contributed by atoms with E-state index in [1.165, 1.54) is 7.11 Å². The molecule has 4 aromatic rings. The summed E-state index contributed by atoms with van der Waals surface area (Å²) in [5, 5.41) is 4.13. The van der Waals surface area contributed by atoms with Gasteiger partial charge in [0.05, 0.1) is 36.1 Å². The fourth-order valence-electron chi connectivity index (χ4n) is 4.40. The third kappa shape index (κ3) is 4.04. The van der Waals surface area contributed by atoms with Crippen LogP contribution in [0, 0.1) is 0 Å². The van der Waals surface area contributed by atoms with Crippen molar-refractivity contribution in [3.05, 3.63) is 114 Å². The maximum atomic E-state index is 12.5. The monoisotopic (exact) mass is 469 g/mol. The Labute approximate surface area is 203 Å². The minimum absolute atomic E-state index is 0.170. The van der Waals surface area contributed by atoms with Gasteiger partial charge in [0.2, 0.25) is 0 Å². The largest absolute Gasteiger partial charge is 0.465 e. The van der Waals surface area contributed by atoms with Gasteiger partial charge in [-0.3, -0.25) is 9.97 Å². The van der Waals surface area contributed by atoms with E-state index in [9.17, 15) is 4.79 Å². The number of methoxy groups -OCH3 is 1. The molecule has 8 heteroatoms. The molecule has 0 radical (unpaired) electrons. The molecule has 0 saturated carbocycles. The Kier molecular flexibility index (Phi) is 6.05. The first-order chi connectivity index (χ1) is 16.7. The smallest absolute Gasteiger partial charge is 0.339 e. The number of thiocarbonyl (C=S) groups is 1. The predicted molar refractivity (Wildman–Crippen MR) is 132 cm³/mol. The van der Waals surface area contributed by atoms with Crippen LogP contribution >= 0.6 is 12.2 Å². The zero-order chi connectivity index (χ0) is 23.5. The molecular weight excluding hydrogens is 446 g/mol. The second kappa shape index (κ2) is 9.44. The molecule has 5 rings (SSSR count). The third-order valence-corrected chi connectivity index (χ3v) is 6.30. The molecule has 1 N–H and O–H groups in total. The first kappa shape index (κ1) is 21.8. The first-order valence-electron chi connectivity index (χ1n) is 10.9. The van der Waals surface area contributed by atoms with E-state index in [1.54, 1.807) is 24.7 Å². The highest BCUT2D eigenvalue weighted by molar-refractivity contribution is 7.80. The number of pyridine rings is 2. The van der Waals surface area contributed by atoms with Crippen molar-refractivity contribution in [1.29, 1.82) is 0 Å². The van der Waals surface area contributed by atoms with Gasteiger partial charge in [0, 0.05) is 37.0 Å². The van der Waals surface area contributed by atoms with Gasteiger partial charge in [0.15, 0.2) is 5.11 Å². The van der Waals surface area contributed by atoms with Gasteiger partial charge < -0.3 is 19.5 Å². The standard InChI is InChI=1S/C26H23N5O2S/c1-33-25(32)19-7-2-3-9-21(19)30-16-6-10-22(30)24-23(20-8-4-5-13-28-20)29-26(34)31(24)17-18-11-14-27-15-12-18/h2-16,23-24H,17H2,1H3,(H,29,34)/t23-,24-/m0/s1. The molecule has 1 fully saturated rings. The molecule has 1 aliphatic rings. The summed E-state index contributed by atoms with van der Waals surface area (Å²) in [4.78, 5) is 23.4. The van der Waals surface area contributed by atoms with Gasteiger partial charge in [-0.2, -0.15) is 0 Å². The summed E-state index contributed by atoms with van der Waals surface area (Å²) in [6.45, 7) is 0.603. The van der Waals surface area contributed by atoms with Crippen LogP contribution in [-0.2, 0) is 11.3 Å². The van der Waals surface area contributed by atoms with Gasteiger partial charge in [0.25, 0.3) is 0 Å². The van der Waals surface area contributed by atoms with E-state index < -0.39 is 0 Å². The van der Waals surface area contributed by atoms with Crippen molar-refractivity contribution in [2.45, 2.75) is 18.6 Å². The van der Waals surface area contributed by atoms with Crippen LogP contribution in [0.15, 0.2) is 91.5 Å². The van der Waals surface area contributed by atoms with Crippen LogP contribution in [0.5, 0.6) is 0 Å². The summed E-state index contributed by atoms with van der Waals surface area (Å²) in [7, 11) is 1.39. The molecule has 7 nitrogen and oxygen atoms in total. The number of nitrogens with one attached hydrogen (secondary N) is 1. The quantitative estimate of drug-likeness (QED) is 0.335. The van der Waals surface area contributed by atoms with Crippen LogP contribution in [0.3, 0.4) is 0 Å². The lowest BCUT2D eigenvalue weighted by atomic mass is 10.0. The number of para-hydroxylation sites is 1. The maximum absolute atomic E-state index is 12.5. The van der Waals surface area contributed by atoms with E-state index in [1.807, 2.05) is 65.4 Å². The molecule has 3 aromatic heterocycles. The van der Waals surface area contributed by atoms with Crippen molar-refractivity contribution in [1.82, 2.24) is 24.8 Å². The highest BCUT2D eigenvalue weighted by Gasteiger charge is 2.41. The van der Waals surface area contributed by atoms with E-state index in [-0.39, 0.29) is 18.1 Å². The molecule has 0 bridgehead atoms. The summed E-state index contributed by atoms with van der Waals surface area (Å²) in [6.07, 6.45) is 7.30. The fraction of sp³-hybridized carbons (Fsp3) is 0.154. The molecule has 34 heavy (non-hydrogen) atoms. The number of carbonyl (C=O) groups excluding carboxylic acids is 1. The molecule has 0 spiro atoms. The zero-order valence-corrected chi connectivity index (χ0v) is 19.4. The van der Waals surface area contributed by atoms with Crippen LogP contribution in [0.4, 0.5) is 0 Å². The molecule has 0 unspecified atom stereocenters. The summed E-state index contributed by atoms with van der Waals surface area (Å²) in [5.41, 5.74) is 4.20. The van der Waals surface area contributed by atoms with Crippen LogP contribution in [0.25, 0.3) is 5.69 Å². The number of esters is 1. The summed E-state index contributed by atoms with van der Waals surface area (Å²) < 4.78 is 7.07. The maximum Gasteiger partial charge on any atom is 0.339 e.